The second-order valence-electron chi connectivity index (χ2n) is 4.81. The van der Waals surface area contributed by atoms with Gasteiger partial charge in [-0.05, 0) is 42.1 Å². The number of hydrogen-bond donors (Lipinski definition) is 0. The van der Waals surface area contributed by atoms with Crippen molar-refractivity contribution in [1.82, 2.24) is 4.98 Å². The highest BCUT2D eigenvalue weighted by molar-refractivity contribution is 6.32. The fourth-order valence-corrected chi connectivity index (χ4v) is 2.45. The van der Waals surface area contributed by atoms with E-state index in [1.165, 1.54) is 0 Å². The number of aromatic nitrogens is 1. The zero-order chi connectivity index (χ0) is 14.8. The Morgan fingerprint density at radius 1 is 1.10 bits per heavy atom. The average molecular weight is 318 g/mol. The number of benzene rings is 2. The lowest BCUT2D eigenvalue weighted by molar-refractivity contribution is 0.467. The summed E-state index contributed by atoms with van der Waals surface area (Å²) in [4.78, 5) is 4.47. The third-order valence-electron chi connectivity index (χ3n) is 3.19. The Hall–Kier alpha value is -1.77. The van der Waals surface area contributed by atoms with Crippen LogP contribution in [0.1, 0.15) is 11.3 Å². The highest BCUT2D eigenvalue weighted by Gasteiger charge is 2.10. The van der Waals surface area contributed by atoms with Crippen molar-refractivity contribution in [3.05, 3.63) is 64.8 Å². The lowest BCUT2D eigenvalue weighted by atomic mass is 10.1. The molecule has 21 heavy (non-hydrogen) atoms. The summed E-state index contributed by atoms with van der Waals surface area (Å²) >= 11 is 12.1. The number of aryl methyl sites for hydroxylation is 1. The number of rotatable bonds is 3. The molecule has 106 valence electrons. The molecular weight excluding hydrogens is 305 g/mol. The van der Waals surface area contributed by atoms with E-state index in [0.29, 0.717) is 22.5 Å². The van der Waals surface area contributed by atoms with E-state index in [2.05, 4.69) is 4.98 Å². The molecule has 4 heteroatoms. The summed E-state index contributed by atoms with van der Waals surface area (Å²) in [6.45, 7) is 1.99. The van der Waals surface area contributed by atoms with Gasteiger partial charge in [-0.3, -0.25) is 0 Å². The molecule has 0 aliphatic heterocycles. The second-order valence-corrected chi connectivity index (χ2v) is 5.48. The first-order valence-corrected chi connectivity index (χ1v) is 7.47. The van der Waals surface area contributed by atoms with Gasteiger partial charge in [-0.1, -0.05) is 35.9 Å². The van der Waals surface area contributed by atoms with Gasteiger partial charge in [0.2, 0.25) is 5.88 Å². The summed E-state index contributed by atoms with van der Waals surface area (Å²) in [7, 11) is 0. The van der Waals surface area contributed by atoms with Crippen LogP contribution in [-0.2, 0) is 5.88 Å². The largest absolute Gasteiger partial charge is 0.437 e. The Kier molecular flexibility index (Phi) is 4.00. The quantitative estimate of drug-likeness (QED) is 0.576. The number of halogens is 2. The van der Waals surface area contributed by atoms with Gasteiger partial charge in [-0.15, -0.1) is 11.6 Å². The summed E-state index contributed by atoms with van der Waals surface area (Å²) in [6.07, 6.45) is 0. The molecule has 0 spiro atoms. The van der Waals surface area contributed by atoms with Gasteiger partial charge in [0.25, 0.3) is 0 Å². The zero-order valence-corrected chi connectivity index (χ0v) is 12.9. The molecule has 1 heterocycles. The van der Waals surface area contributed by atoms with E-state index in [1.807, 2.05) is 55.5 Å². The predicted octanol–water partition coefficient (Wildman–Crippen LogP) is 5.73. The van der Waals surface area contributed by atoms with Gasteiger partial charge in [-0.25, -0.2) is 4.98 Å². The van der Waals surface area contributed by atoms with Crippen molar-refractivity contribution in [3.63, 3.8) is 0 Å². The molecule has 0 aliphatic carbocycles. The van der Waals surface area contributed by atoms with Crippen molar-refractivity contribution in [3.8, 4) is 11.6 Å². The van der Waals surface area contributed by atoms with Crippen molar-refractivity contribution < 1.29 is 4.74 Å². The van der Waals surface area contributed by atoms with Crippen LogP contribution in [0.25, 0.3) is 10.8 Å². The fraction of sp³-hybridized carbons (Fsp3) is 0.118. The van der Waals surface area contributed by atoms with Gasteiger partial charge >= 0.3 is 0 Å². The van der Waals surface area contributed by atoms with E-state index in [4.69, 9.17) is 27.9 Å². The molecule has 0 N–H and O–H groups in total. The average Bonchev–Trinajstić information content (AvgIpc) is 2.50. The van der Waals surface area contributed by atoms with Gasteiger partial charge in [0.1, 0.15) is 5.75 Å². The lowest BCUT2D eigenvalue weighted by Gasteiger charge is -2.11. The maximum Gasteiger partial charge on any atom is 0.227 e. The van der Waals surface area contributed by atoms with Crippen LogP contribution in [0.3, 0.4) is 0 Å². The molecule has 0 saturated heterocycles. The number of alkyl halides is 1. The maximum absolute atomic E-state index is 6.19. The minimum Gasteiger partial charge on any atom is -0.437 e. The first-order chi connectivity index (χ1) is 10.2. The number of ether oxygens (including phenoxy) is 1. The standard InChI is InChI=1S/C17H13Cl2NO/c1-11-6-7-15(19)16(8-11)21-17-14-5-3-2-4-12(14)9-13(10-18)20-17/h2-9H,10H2,1H3. The molecule has 0 fully saturated rings. The van der Waals surface area contributed by atoms with E-state index >= 15 is 0 Å². The molecule has 3 aromatic rings. The van der Waals surface area contributed by atoms with Gasteiger partial charge in [0.05, 0.1) is 16.6 Å². The summed E-state index contributed by atoms with van der Waals surface area (Å²) < 4.78 is 5.94. The number of fused-ring (bicyclic) bond motifs is 1. The van der Waals surface area contributed by atoms with Crippen molar-refractivity contribution in [2.45, 2.75) is 12.8 Å². The Balaban J connectivity index is 2.13. The van der Waals surface area contributed by atoms with E-state index in [-0.39, 0.29) is 0 Å². The maximum atomic E-state index is 6.19. The van der Waals surface area contributed by atoms with Crippen molar-refractivity contribution in [1.29, 1.82) is 0 Å². The molecule has 0 unspecified atom stereocenters. The van der Waals surface area contributed by atoms with Crippen LogP contribution in [0.5, 0.6) is 11.6 Å². The molecule has 1 aromatic heterocycles. The second kappa shape index (κ2) is 5.92. The Bertz CT molecular complexity index is 802. The van der Waals surface area contributed by atoms with Crippen LogP contribution in [-0.4, -0.2) is 4.98 Å². The van der Waals surface area contributed by atoms with Crippen LogP contribution >= 0.6 is 23.2 Å². The van der Waals surface area contributed by atoms with Gasteiger partial charge in [0, 0.05) is 5.39 Å². The number of pyridine rings is 1. The first-order valence-electron chi connectivity index (χ1n) is 6.56. The minimum atomic E-state index is 0.336. The summed E-state index contributed by atoms with van der Waals surface area (Å²) in [5.41, 5.74) is 1.85. The SMILES string of the molecule is Cc1ccc(Cl)c(Oc2nc(CCl)cc3ccccc23)c1. The third-order valence-corrected chi connectivity index (χ3v) is 3.77. The molecular formula is C17H13Cl2NO. The Labute approximate surface area is 133 Å². The Morgan fingerprint density at radius 2 is 1.90 bits per heavy atom. The number of nitrogens with zero attached hydrogens (tertiary/aromatic N) is 1. The smallest absolute Gasteiger partial charge is 0.227 e. The molecule has 0 aliphatic rings. The van der Waals surface area contributed by atoms with Gasteiger partial charge in [-0.2, -0.15) is 0 Å². The molecule has 2 aromatic carbocycles. The third kappa shape index (κ3) is 2.97. The van der Waals surface area contributed by atoms with E-state index < -0.39 is 0 Å². The summed E-state index contributed by atoms with van der Waals surface area (Å²) in [5, 5.41) is 2.54. The normalized spacial score (nSPS) is 10.8. The molecule has 0 bridgehead atoms. The number of hydrogen-bond acceptors (Lipinski definition) is 2. The highest BCUT2D eigenvalue weighted by Crippen LogP contribution is 2.33. The predicted molar refractivity (Wildman–Crippen MR) is 87.6 cm³/mol. The molecule has 0 amide bonds. The van der Waals surface area contributed by atoms with Crippen LogP contribution in [0.4, 0.5) is 0 Å². The van der Waals surface area contributed by atoms with E-state index in [9.17, 15) is 0 Å². The monoisotopic (exact) mass is 317 g/mol. The first kappa shape index (κ1) is 14.2. The van der Waals surface area contributed by atoms with Crippen LogP contribution in [0.15, 0.2) is 48.5 Å². The molecule has 0 saturated carbocycles. The van der Waals surface area contributed by atoms with Crippen molar-refractivity contribution in [2.75, 3.05) is 0 Å². The van der Waals surface area contributed by atoms with Crippen molar-refractivity contribution in [2.24, 2.45) is 0 Å². The summed E-state index contributed by atoms with van der Waals surface area (Å²) in [5.74, 6) is 1.46. The minimum absolute atomic E-state index is 0.336. The highest BCUT2D eigenvalue weighted by atomic mass is 35.5. The molecule has 3 rings (SSSR count). The topological polar surface area (TPSA) is 22.1 Å². The fourth-order valence-electron chi connectivity index (χ4n) is 2.16. The van der Waals surface area contributed by atoms with Crippen molar-refractivity contribution >= 4 is 34.0 Å². The van der Waals surface area contributed by atoms with Crippen LogP contribution in [0.2, 0.25) is 5.02 Å². The van der Waals surface area contributed by atoms with Crippen LogP contribution < -0.4 is 4.74 Å². The van der Waals surface area contributed by atoms with E-state index in [0.717, 1.165) is 22.0 Å². The lowest BCUT2D eigenvalue weighted by Crippen LogP contribution is -1.94. The van der Waals surface area contributed by atoms with Gasteiger partial charge < -0.3 is 4.74 Å². The van der Waals surface area contributed by atoms with Gasteiger partial charge in [0.15, 0.2) is 0 Å². The summed E-state index contributed by atoms with van der Waals surface area (Å²) in [6, 6.07) is 15.5. The van der Waals surface area contributed by atoms with E-state index in [1.54, 1.807) is 0 Å². The Morgan fingerprint density at radius 3 is 2.71 bits per heavy atom. The molecule has 0 atom stereocenters. The molecule has 0 radical (unpaired) electrons. The molecule has 2 nitrogen and oxygen atoms in total. The zero-order valence-electron chi connectivity index (χ0n) is 11.4. The van der Waals surface area contributed by atoms with Crippen LogP contribution in [0, 0.1) is 6.92 Å².